The Bertz CT molecular complexity index is 1320. The van der Waals surface area contributed by atoms with Gasteiger partial charge in [-0.15, -0.1) is 0 Å². The third-order valence-electron chi connectivity index (χ3n) is 5.03. The minimum Gasteiger partial charge on any atom is -0.478 e. The highest BCUT2D eigenvalue weighted by Gasteiger charge is 2.11. The Morgan fingerprint density at radius 3 is 2.85 bits per heavy atom. The summed E-state index contributed by atoms with van der Waals surface area (Å²) in [6.45, 7) is 3.20. The van der Waals surface area contributed by atoms with Gasteiger partial charge >= 0.3 is 5.97 Å². The molecule has 9 heteroatoms. The molecule has 0 saturated heterocycles. The summed E-state index contributed by atoms with van der Waals surface area (Å²) in [6.07, 6.45) is 8.03. The van der Waals surface area contributed by atoms with E-state index in [1.165, 1.54) is 0 Å². The SMILES string of the molecule is Cc1ccc(Nc2ncc(-c3cccc(/C=C/C(=O)O)c3)c(NCCn3cccn3)n2)cc1Cl. The summed E-state index contributed by atoms with van der Waals surface area (Å²) in [7, 11) is 0. The van der Waals surface area contributed by atoms with Crippen LogP contribution < -0.4 is 10.6 Å². The van der Waals surface area contributed by atoms with E-state index in [2.05, 4.69) is 20.7 Å². The van der Waals surface area contributed by atoms with E-state index in [0.717, 1.165) is 34.0 Å². The van der Waals surface area contributed by atoms with Gasteiger partial charge in [0.1, 0.15) is 5.82 Å². The van der Waals surface area contributed by atoms with Crippen LogP contribution in [0, 0.1) is 6.92 Å². The second-order valence-electron chi connectivity index (χ2n) is 7.54. The summed E-state index contributed by atoms with van der Waals surface area (Å²) in [6, 6.07) is 15.1. The Morgan fingerprint density at radius 2 is 2.09 bits per heavy atom. The topological polar surface area (TPSA) is 105 Å². The van der Waals surface area contributed by atoms with Crippen molar-refractivity contribution in [3.05, 3.63) is 89.3 Å². The maximum atomic E-state index is 10.9. The van der Waals surface area contributed by atoms with Gasteiger partial charge in [0.2, 0.25) is 5.95 Å². The maximum absolute atomic E-state index is 10.9. The summed E-state index contributed by atoms with van der Waals surface area (Å²) in [5, 5.41) is 20.4. The number of benzene rings is 2. The average molecular weight is 475 g/mol. The summed E-state index contributed by atoms with van der Waals surface area (Å²) >= 11 is 6.25. The van der Waals surface area contributed by atoms with Gasteiger partial charge in [-0.3, -0.25) is 4.68 Å². The maximum Gasteiger partial charge on any atom is 0.328 e. The number of carboxylic acids is 1. The Morgan fingerprint density at radius 1 is 1.21 bits per heavy atom. The second-order valence-corrected chi connectivity index (χ2v) is 7.94. The fourth-order valence-corrected chi connectivity index (χ4v) is 3.47. The lowest BCUT2D eigenvalue weighted by Crippen LogP contribution is -2.13. The number of aliphatic carboxylic acids is 1. The normalized spacial score (nSPS) is 11.0. The number of hydrogen-bond acceptors (Lipinski definition) is 6. The zero-order valence-electron chi connectivity index (χ0n) is 18.4. The number of aryl methyl sites for hydroxylation is 1. The van der Waals surface area contributed by atoms with E-state index in [1.54, 1.807) is 18.5 Å². The van der Waals surface area contributed by atoms with Crippen molar-refractivity contribution in [1.82, 2.24) is 19.7 Å². The number of carboxylic acid groups (broad SMARTS) is 1. The van der Waals surface area contributed by atoms with Crippen LogP contribution in [0.15, 0.2) is 73.2 Å². The highest BCUT2D eigenvalue weighted by molar-refractivity contribution is 6.31. The number of hydrogen-bond donors (Lipinski definition) is 3. The van der Waals surface area contributed by atoms with Crippen molar-refractivity contribution in [1.29, 1.82) is 0 Å². The highest BCUT2D eigenvalue weighted by atomic mass is 35.5. The highest BCUT2D eigenvalue weighted by Crippen LogP contribution is 2.29. The zero-order valence-corrected chi connectivity index (χ0v) is 19.2. The van der Waals surface area contributed by atoms with E-state index in [4.69, 9.17) is 21.7 Å². The van der Waals surface area contributed by atoms with Crippen LogP contribution in [0.1, 0.15) is 11.1 Å². The molecule has 0 spiro atoms. The van der Waals surface area contributed by atoms with Gasteiger partial charge in [-0.05, 0) is 54.0 Å². The van der Waals surface area contributed by atoms with Crippen molar-refractivity contribution in [2.45, 2.75) is 13.5 Å². The summed E-state index contributed by atoms with van der Waals surface area (Å²) in [5.41, 5.74) is 4.18. The van der Waals surface area contributed by atoms with Crippen LogP contribution in [0.2, 0.25) is 5.02 Å². The molecule has 4 rings (SSSR count). The number of anilines is 3. The molecule has 2 aromatic heterocycles. The van der Waals surface area contributed by atoms with Gasteiger partial charge in [0.15, 0.2) is 0 Å². The van der Waals surface area contributed by atoms with Gasteiger partial charge in [-0.25, -0.2) is 9.78 Å². The van der Waals surface area contributed by atoms with Crippen LogP contribution in [0.4, 0.5) is 17.5 Å². The Kier molecular flexibility index (Phi) is 7.19. The number of halogens is 1. The predicted molar refractivity (Wildman–Crippen MR) is 134 cm³/mol. The minimum absolute atomic E-state index is 0.423. The molecule has 172 valence electrons. The first-order chi connectivity index (χ1) is 16.5. The smallest absolute Gasteiger partial charge is 0.328 e. The molecule has 4 aromatic rings. The van der Waals surface area contributed by atoms with Crippen molar-refractivity contribution in [3.8, 4) is 11.1 Å². The van der Waals surface area contributed by atoms with E-state index in [-0.39, 0.29) is 0 Å². The Labute approximate surface area is 202 Å². The largest absolute Gasteiger partial charge is 0.478 e. The van der Waals surface area contributed by atoms with E-state index in [0.29, 0.717) is 29.9 Å². The van der Waals surface area contributed by atoms with Crippen LogP contribution in [0.3, 0.4) is 0 Å². The van der Waals surface area contributed by atoms with Crippen molar-refractivity contribution in [3.63, 3.8) is 0 Å². The van der Waals surface area contributed by atoms with E-state index < -0.39 is 5.97 Å². The Hall–Kier alpha value is -4.17. The monoisotopic (exact) mass is 474 g/mol. The number of rotatable bonds is 9. The minimum atomic E-state index is -0.999. The van der Waals surface area contributed by atoms with Crippen LogP contribution >= 0.6 is 11.6 Å². The molecule has 0 bridgehead atoms. The van der Waals surface area contributed by atoms with Crippen molar-refractivity contribution in [2.75, 3.05) is 17.2 Å². The number of aromatic nitrogens is 4. The van der Waals surface area contributed by atoms with Gasteiger partial charge in [-0.1, -0.05) is 35.9 Å². The number of nitrogens with zero attached hydrogens (tertiary/aromatic N) is 4. The third-order valence-corrected chi connectivity index (χ3v) is 5.43. The zero-order chi connectivity index (χ0) is 23.9. The molecule has 0 aliphatic carbocycles. The van der Waals surface area contributed by atoms with Crippen LogP contribution in [0.25, 0.3) is 17.2 Å². The lowest BCUT2D eigenvalue weighted by molar-refractivity contribution is -0.131. The quantitative estimate of drug-likeness (QED) is 0.284. The first-order valence-electron chi connectivity index (χ1n) is 10.6. The molecule has 34 heavy (non-hydrogen) atoms. The lowest BCUT2D eigenvalue weighted by Gasteiger charge is -2.14. The molecule has 3 N–H and O–H groups in total. The molecule has 2 heterocycles. The van der Waals surface area contributed by atoms with Crippen LogP contribution in [-0.2, 0) is 11.3 Å². The van der Waals surface area contributed by atoms with Gasteiger partial charge in [0, 0.05) is 47.5 Å². The van der Waals surface area contributed by atoms with Gasteiger partial charge in [0.25, 0.3) is 0 Å². The van der Waals surface area contributed by atoms with Crippen LogP contribution in [-0.4, -0.2) is 37.4 Å². The summed E-state index contributed by atoms with van der Waals surface area (Å²) < 4.78 is 1.83. The molecule has 8 nitrogen and oxygen atoms in total. The third kappa shape index (κ3) is 5.99. The summed E-state index contributed by atoms with van der Waals surface area (Å²) in [5.74, 6) is 0.0655. The molecule has 0 amide bonds. The van der Waals surface area contributed by atoms with E-state index in [1.807, 2.05) is 66.3 Å². The van der Waals surface area contributed by atoms with E-state index in [9.17, 15) is 4.79 Å². The van der Waals surface area contributed by atoms with Crippen molar-refractivity contribution in [2.24, 2.45) is 0 Å². The Balaban J connectivity index is 1.63. The van der Waals surface area contributed by atoms with E-state index >= 15 is 0 Å². The molecule has 0 fully saturated rings. The summed E-state index contributed by atoms with van der Waals surface area (Å²) in [4.78, 5) is 20.1. The van der Waals surface area contributed by atoms with Crippen LogP contribution in [0.5, 0.6) is 0 Å². The standard InChI is InChI=1S/C25H23ClN6O2/c1-17-6-8-20(15-22(17)26)30-25-28-16-21(19-5-2-4-18(14-19)7-9-23(33)34)24(31-25)27-11-13-32-12-3-10-29-32/h2-10,12,14-16H,11,13H2,1H3,(H,33,34)(H2,27,28,30,31)/b9-7+. The molecule has 0 atom stereocenters. The van der Waals surface area contributed by atoms with Crippen molar-refractivity contribution < 1.29 is 9.90 Å². The second kappa shape index (κ2) is 10.6. The molecule has 0 saturated carbocycles. The molecule has 0 radical (unpaired) electrons. The fraction of sp³-hybridized carbons (Fsp3) is 0.120. The van der Waals surface area contributed by atoms with Gasteiger partial charge in [-0.2, -0.15) is 10.1 Å². The number of nitrogens with one attached hydrogen (secondary N) is 2. The van der Waals surface area contributed by atoms with Crippen molar-refractivity contribution >= 4 is 41.1 Å². The molecular formula is C25H23ClN6O2. The molecule has 0 aliphatic rings. The predicted octanol–water partition coefficient (Wildman–Crippen LogP) is 5.26. The first kappa shape index (κ1) is 23.0. The van der Waals surface area contributed by atoms with Gasteiger partial charge < -0.3 is 15.7 Å². The number of carbonyl (C=O) groups is 1. The fourth-order valence-electron chi connectivity index (χ4n) is 3.29. The average Bonchev–Trinajstić information content (AvgIpc) is 3.34. The molecule has 0 aliphatic heterocycles. The lowest BCUT2D eigenvalue weighted by atomic mass is 10.0. The molecule has 0 unspecified atom stereocenters. The molecular weight excluding hydrogens is 452 g/mol. The first-order valence-corrected chi connectivity index (χ1v) is 11.0. The molecule has 2 aromatic carbocycles. The van der Waals surface area contributed by atoms with Gasteiger partial charge in [0.05, 0.1) is 6.54 Å².